The maximum absolute atomic E-state index is 13.8. The Morgan fingerprint density at radius 3 is 2.55 bits per heavy atom. The number of methoxy groups -OCH3 is 2. The Labute approximate surface area is 222 Å². The van der Waals surface area contributed by atoms with Crippen molar-refractivity contribution in [2.75, 3.05) is 19.5 Å². The Morgan fingerprint density at radius 2 is 1.84 bits per heavy atom. The van der Waals surface area contributed by atoms with Crippen LogP contribution in [0.2, 0.25) is 0 Å². The van der Waals surface area contributed by atoms with E-state index in [0.29, 0.717) is 48.9 Å². The van der Waals surface area contributed by atoms with Crippen LogP contribution in [0.15, 0.2) is 93.9 Å². The first-order valence-corrected chi connectivity index (χ1v) is 12.6. The van der Waals surface area contributed by atoms with Gasteiger partial charge in [0.1, 0.15) is 23.3 Å². The highest BCUT2D eigenvalue weighted by molar-refractivity contribution is 7.07. The van der Waals surface area contributed by atoms with Crippen molar-refractivity contribution in [2.24, 2.45) is 4.99 Å². The summed E-state index contributed by atoms with van der Waals surface area (Å²) in [5, 5.41) is 12.8. The molecule has 0 saturated carbocycles. The highest BCUT2D eigenvalue weighted by atomic mass is 32.1. The van der Waals surface area contributed by atoms with E-state index in [0.717, 1.165) is 0 Å². The maximum Gasteiger partial charge on any atom is 0.271 e. The Hall–Kier alpha value is -4.63. The van der Waals surface area contributed by atoms with E-state index in [2.05, 4.69) is 10.3 Å². The molecule has 2 heterocycles. The van der Waals surface area contributed by atoms with Gasteiger partial charge in [0.15, 0.2) is 4.80 Å². The number of allylic oxidation sites excluding steroid dienone is 1. The third-order valence-corrected chi connectivity index (χ3v) is 7.18. The number of fused-ring (bicyclic) bond motifs is 1. The summed E-state index contributed by atoms with van der Waals surface area (Å²) in [7, 11) is 3.09. The molecule has 9 heteroatoms. The second kappa shape index (κ2) is 10.4. The largest absolute Gasteiger partial charge is 0.508 e. The number of phenolic OH excluding ortho intramolecular Hbond substituents is 1. The van der Waals surface area contributed by atoms with E-state index in [4.69, 9.17) is 9.47 Å². The number of nitrogens with zero attached hydrogens (tertiary/aromatic N) is 2. The monoisotopic (exact) mass is 527 g/mol. The van der Waals surface area contributed by atoms with Crippen LogP contribution in [0.1, 0.15) is 24.1 Å². The first-order chi connectivity index (χ1) is 18.4. The van der Waals surface area contributed by atoms with E-state index in [1.165, 1.54) is 23.0 Å². The molecule has 8 nitrogen and oxygen atoms in total. The fourth-order valence-electron chi connectivity index (χ4n) is 4.44. The molecule has 5 rings (SSSR count). The Kier molecular flexibility index (Phi) is 6.85. The lowest BCUT2D eigenvalue weighted by Gasteiger charge is -2.26. The number of nitrogens with one attached hydrogen (secondary N) is 1. The molecule has 1 aromatic heterocycles. The summed E-state index contributed by atoms with van der Waals surface area (Å²) in [6, 6.07) is 20.2. The van der Waals surface area contributed by atoms with Crippen molar-refractivity contribution < 1.29 is 19.4 Å². The number of aromatic nitrogens is 1. The number of ether oxygens (including phenoxy) is 2. The first-order valence-electron chi connectivity index (χ1n) is 11.8. The summed E-state index contributed by atoms with van der Waals surface area (Å²) in [6.45, 7) is 1.76. The molecule has 0 saturated heterocycles. The lowest BCUT2D eigenvalue weighted by atomic mass is 9.94. The number of phenols is 1. The zero-order chi connectivity index (χ0) is 26.8. The second-order valence-electron chi connectivity index (χ2n) is 8.60. The number of hydrogen-bond donors (Lipinski definition) is 2. The fourth-order valence-corrected chi connectivity index (χ4v) is 5.48. The van der Waals surface area contributed by atoms with Crippen molar-refractivity contribution in [2.45, 2.75) is 13.0 Å². The normalized spacial score (nSPS) is 15.0. The van der Waals surface area contributed by atoms with Gasteiger partial charge in [0.05, 0.1) is 30.0 Å². The molecule has 0 radical (unpaired) electrons. The predicted molar refractivity (Wildman–Crippen MR) is 146 cm³/mol. The molecule has 0 fully saturated rings. The number of para-hydroxylation sites is 1. The lowest BCUT2D eigenvalue weighted by Crippen LogP contribution is -2.40. The number of carbonyl (C=O) groups is 1. The summed E-state index contributed by atoms with van der Waals surface area (Å²) >= 11 is 1.22. The Balaban J connectivity index is 1.72. The van der Waals surface area contributed by atoms with Crippen LogP contribution in [0, 0.1) is 0 Å². The molecule has 1 aliphatic heterocycles. The smallest absolute Gasteiger partial charge is 0.271 e. The summed E-state index contributed by atoms with van der Waals surface area (Å²) in [6.07, 6.45) is 1.70. The lowest BCUT2D eigenvalue weighted by molar-refractivity contribution is -0.113. The average molecular weight is 528 g/mol. The standard InChI is InChI=1S/C29H25N3O5S/c1-17-25(27(34)31-19-9-5-4-6-10-19)26(22-13-12-21(36-2)16-23(22)37-3)32-28(35)24(38-29(32)30-17)15-18-8-7-11-20(33)14-18/h4-16,26,33H,1-3H3,(H,31,34)/b24-15-/t26-/m0/s1. The summed E-state index contributed by atoms with van der Waals surface area (Å²) in [4.78, 5) is 32.7. The number of aromatic hydroxyl groups is 1. The maximum atomic E-state index is 13.8. The van der Waals surface area contributed by atoms with Crippen LogP contribution >= 0.6 is 11.3 Å². The van der Waals surface area contributed by atoms with Crippen LogP contribution in [0.5, 0.6) is 17.2 Å². The average Bonchev–Trinajstić information content (AvgIpc) is 3.22. The van der Waals surface area contributed by atoms with Crippen molar-refractivity contribution >= 4 is 29.0 Å². The van der Waals surface area contributed by atoms with Gasteiger partial charge in [-0.25, -0.2) is 4.99 Å². The first kappa shape index (κ1) is 25.0. The van der Waals surface area contributed by atoms with Crippen LogP contribution in [0.25, 0.3) is 6.08 Å². The molecule has 0 spiro atoms. The molecular formula is C29H25N3O5S. The van der Waals surface area contributed by atoms with Gasteiger partial charge in [-0.3, -0.25) is 14.2 Å². The van der Waals surface area contributed by atoms with E-state index in [9.17, 15) is 14.7 Å². The van der Waals surface area contributed by atoms with Gasteiger partial charge in [0.2, 0.25) is 0 Å². The molecule has 1 aliphatic rings. The number of anilines is 1. The van der Waals surface area contributed by atoms with Crippen LogP contribution < -0.4 is 29.7 Å². The van der Waals surface area contributed by atoms with Gasteiger partial charge in [-0.15, -0.1) is 0 Å². The predicted octanol–water partition coefficient (Wildman–Crippen LogP) is 3.60. The quantitative estimate of drug-likeness (QED) is 0.399. The summed E-state index contributed by atoms with van der Waals surface area (Å²) in [5.41, 5.74) is 2.43. The number of amides is 1. The third kappa shape index (κ3) is 4.71. The minimum Gasteiger partial charge on any atom is -0.508 e. The molecule has 38 heavy (non-hydrogen) atoms. The molecule has 192 valence electrons. The highest BCUT2D eigenvalue weighted by Gasteiger charge is 2.34. The van der Waals surface area contributed by atoms with Crippen molar-refractivity contribution in [1.29, 1.82) is 0 Å². The van der Waals surface area contributed by atoms with Crippen LogP contribution in [0.3, 0.4) is 0 Å². The molecule has 4 aromatic rings. The van der Waals surface area contributed by atoms with E-state index < -0.39 is 6.04 Å². The number of thiazole rings is 1. The van der Waals surface area contributed by atoms with E-state index >= 15 is 0 Å². The van der Waals surface area contributed by atoms with Crippen molar-refractivity contribution in [1.82, 2.24) is 4.57 Å². The zero-order valence-electron chi connectivity index (χ0n) is 21.0. The van der Waals surface area contributed by atoms with Gasteiger partial charge in [0, 0.05) is 17.3 Å². The SMILES string of the molecule is COc1ccc([C@H]2C(C(=O)Nc3ccccc3)=C(C)N=c3s/c(=C\c4cccc(O)c4)c(=O)n32)c(OC)c1. The van der Waals surface area contributed by atoms with Gasteiger partial charge in [-0.2, -0.15) is 0 Å². The summed E-state index contributed by atoms with van der Waals surface area (Å²) in [5.74, 6) is 0.778. The molecule has 0 bridgehead atoms. The van der Waals surface area contributed by atoms with Crippen molar-refractivity contribution in [3.05, 3.63) is 115 Å². The fraction of sp³-hybridized carbons (Fsp3) is 0.138. The van der Waals surface area contributed by atoms with Gasteiger partial charge in [-0.05, 0) is 55.0 Å². The molecular weight excluding hydrogens is 502 g/mol. The highest BCUT2D eigenvalue weighted by Crippen LogP contribution is 2.37. The third-order valence-electron chi connectivity index (χ3n) is 6.20. The Bertz CT molecular complexity index is 1740. The molecule has 0 unspecified atom stereocenters. The van der Waals surface area contributed by atoms with Gasteiger partial charge in [0.25, 0.3) is 11.5 Å². The molecule has 0 aliphatic carbocycles. The minimum atomic E-state index is -0.804. The van der Waals surface area contributed by atoms with Crippen LogP contribution in [-0.2, 0) is 4.79 Å². The topological polar surface area (TPSA) is 102 Å². The second-order valence-corrected chi connectivity index (χ2v) is 9.61. The van der Waals surface area contributed by atoms with Gasteiger partial charge < -0.3 is 19.9 Å². The van der Waals surface area contributed by atoms with Gasteiger partial charge >= 0.3 is 0 Å². The molecule has 2 N–H and O–H groups in total. The number of hydrogen-bond acceptors (Lipinski definition) is 7. The number of rotatable bonds is 6. The van der Waals surface area contributed by atoms with Crippen LogP contribution in [0.4, 0.5) is 5.69 Å². The van der Waals surface area contributed by atoms with E-state index in [1.54, 1.807) is 74.7 Å². The minimum absolute atomic E-state index is 0.100. The Morgan fingerprint density at radius 1 is 1.05 bits per heavy atom. The molecule has 3 aromatic carbocycles. The van der Waals surface area contributed by atoms with Gasteiger partial charge in [-0.1, -0.05) is 41.7 Å². The van der Waals surface area contributed by atoms with E-state index in [-0.39, 0.29) is 17.2 Å². The number of carbonyl (C=O) groups excluding carboxylic acids is 1. The van der Waals surface area contributed by atoms with Crippen LogP contribution in [-0.4, -0.2) is 29.8 Å². The van der Waals surface area contributed by atoms with Crippen molar-refractivity contribution in [3.8, 4) is 17.2 Å². The molecule has 1 amide bonds. The zero-order valence-corrected chi connectivity index (χ0v) is 21.8. The molecule has 1 atom stereocenters. The van der Waals surface area contributed by atoms with E-state index in [1.807, 2.05) is 18.2 Å². The summed E-state index contributed by atoms with van der Waals surface area (Å²) < 4.78 is 13.0. The number of benzene rings is 3. The van der Waals surface area contributed by atoms with Crippen molar-refractivity contribution in [3.63, 3.8) is 0 Å².